The maximum Gasteiger partial charge on any atom is 0.425 e. The number of hydrogen-bond acceptors (Lipinski definition) is 2. The molecule has 0 aliphatic rings. The molecular formula is C11H14F3NO. The zero-order valence-electron chi connectivity index (χ0n) is 8.92. The van der Waals surface area contributed by atoms with E-state index < -0.39 is 12.3 Å². The van der Waals surface area contributed by atoms with E-state index in [1.54, 1.807) is 25.1 Å². The van der Waals surface area contributed by atoms with E-state index in [1.165, 1.54) is 6.07 Å². The number of aryl methyl sites for hydroxylation is 1. The van der Waals surface area contributed by atoms with Crippen molar-refractivity contribution >= 4 is 0 Å². The van der Waals surface area contributed by atoms with Gasteiger partial charge < -0.3 is 10.5 Å². The number of ether oxygens (including phenoxy) is 1. The molecule has 90 valence electrons. The molecule has 0 radical (unpaired) electrons. The van der Waals surface area contributed by atoms with Crippen molar-refractivity contribution in [3.05, 3.63) is 29.8 Å². The second-order valence-corrected chi connectivity index (χ2v) is 3.54. The van der Waals surface area contributed by atoms with E-state index in [4.69, 9.17) is 10.5 Å². The van der Waals surface area contributed by atoms with Crippen LogP contribution in [0.4, 0.5) is 13.2 Å². The molecule has 0 bridgehead atoms. The van der Waals surface area contributed by atoms with Gasteiger partial charge in [0.2, 0.25) is 0 Å². The fraction of sp³-hybridized carbons (Fsp3) is 0.455. The smallest absolute Gasteiger partial charge is 0.425 e. The van der Waals surface area contributed by atoms with Crippen LogP contribution in [0.25, 0.3) is 0 Å². The Morgan fingerprint density at radius 1 is 1.38 bits per heavy atom. The zero-order valence-corrected chi connectivity index (χ0v) is 8.92. The van der Waals surface area contributed by atoms with Crippen molar-refractivity contribution in [3.63, 3.8) is 0 Å². The molecule has 2 N–H and O–H groups in total. The highest BCUT2D eigenvalue weighted by molar-refractivity contribution is 5.27. The van der Waals surface area contributed by atoms with Crippen molar-refractivity contribution in [2.45, 2.75) is 25.6 Å². The second-order valence-electron chi connectivity index (χ2n) is 3.54. The minimum Gasteiger partial charge on any atom is -0.481 e. The van der Waals surface area contributed by atoms with Gasteiger partial charge in [-0.2, -0.15) is 13.2 Å². The predicted octanol–water partition coefficient (Wildman–Crippen LogP) is 2.65. The molecule has 0 aromatic heterocycles. The summed E-state index contributed by atoms with van der Waals surface area (Å²) in [5.41, 5.74) is 5.98. The lowest BCUT2D eigenvalue weighted by molar-refractivity contribution is -0.196. The standard InChI is InChI=1S/C11H14F3NO/c1-8-3-2-4-9(7-8)16-10(5-6-15)11(12,13)14/h2-4,7,10H,5-6,15H2,1H3. The molecule has 1 aromatic rings. The highest BCUT2D eigenvalue weighted by Crippen LogP contribution is 2.27. The summed E-state index contributed by atoms with van der Waals surface area (Å²) in [6.45, 7) is 1.73. The Morgan fingerprint density at radius 2 is 2.06 bits per heavy atom. The summed E-state index contributed by atoms with van der Waals surface area (Å²) in [4.78, 5) is 0. The van der Waals surface area contributed by atoms with Crippen LogP contribution in [0.3, 0.4) is 0 Å². The van der Waals surface area contributed by atoms with Crippen LogP contribution in [0.5, 0.6) is 5.75 Å². The Balaban J connectivity index is 2.76. The summed E-state index contributed by atoms with van der Waals surface area (Å²) >= 11 is 0. The number of nitrogens with two attached hydrogens (primary N) is 1. The SMILES string of the molecule is Cc1cccc(OC(CCN)C(F)(F)F)c1. The lowest BCUT2D eigenvalue weighted by Gasteiger charge is -2.21. The molecule has 0 saturated heterocycles. The van der Waals surface area contributed by atoms with Gasteiger partial charge in [0.05, 0.1) is 0 Å². The summed E-state index contributed by atoms with van der Waals surface area (Å²) in [6, 6.07) is 6.51. The van der Waals surface area contributed by atoms with Crippen LogP contribution in [-0.4, -0.2) is 18.8 Å². The molecule has 5 heteroatoms. The van der Waals surface area contributed by atoms with Crippen molar-refractivity contribution in [1.82, 2.24) is 0 Å². The van der Waals surface area contributed by atoms with Gasteiger partial charge in [-0.3, -0.25) is 0 Å². The van der Waals surface area contributed by atoms with Gasteiger partial charge in [0, 0.05) is 6.42 Å². The predicted molar refractivity (Wildman–Crippen MR) is 55.3 cm³/mol. The fourth-order valence-electron chi connectivity index (χ4n) is 1.29. The van der Waals surface area contributed by atoms with Gasteiger partial charge in [-0.05, 0) is 31.2 Å². The molecule has 2 nitrogen and oxygen atoms in total. The zero-order chi connectivity index (χ0) is 12.2. The maximum atomic E-state index is 12.5. The van der Waals surface area contributed by atoms with Crippen molar-refractivity contribution in [3.8, 4) is 5.75 Å². The lowest BCUT2D eigenvalue weighted by atomic mass is 10.2. The van der Waals surface area contributed by atoms with Crippen LogP contribution in [0.15, 0.2) is 24.3 Å². The Hall–Kier alpha value is -1.23. The van der Waals surface area contributed by atoms with Gasteiger partial charge in [-0.25, -0.2) is 0 Å². The fourth-order valence-corrected chi connectivity index (χ4v) is 1.29. The van der Waals surface area contributed by atoms with E-state index >= 15 is 0 Å². The van der Waals surface area contributed by atoms with Gasteiger partial charge in [0.1, 0.15) is 5.75 Å². The van der Waals surface area contributed by atoms with E-state index in [-0.39, 0.29) is 18.7 Å². The molecule has 16 heavy (non-hydrogen) atoms. The average Bonchev–Trinajstić information content (AvgIpc) is 2.16. The van der Waals surface area contributed by atoms with Crippen molar-refractivity contribution in [1.29, 1.82) is 0 Å². The Morgan fingerprint density at radius 3 is 2.56 bits per heavy atom. The molecule has 0 aliphatic heterocycles. The van der Waals surface area contributed by atoms with E-state index in [9.17, 15) is 13.2 Å². The van der Waals surface area contributed by atoms with Crippen molar-refractivity contribution in [2.75, 3.05) is 6.54 Å². The van der Waals surface area contributed by atoms with Gasteiger partial charge in [0.25, 0.3) is 0 Å². The molecule has 0 aliphatic carbocycles. The van der Waals surface area contributed by atoms with Gasteiger partial charge >= 0.3 is 6.18 Å². The topological polar surface area (TPSA) is 35.2 Å². The Labute approximate surface area is 92.2 Å². The van der Waals surface area contributed by atoms with E-state index in [0.717, 1.165) is 5.56 Å². The highest BCUT2D eigenvalue weighted by atomic mass is 19.4. The minimum absolute atomic E-state index is 0.0595. The highest BCUT2D eigenvalue weighted by Gasteiger charge is 2.41. The third-order valence-electron chi connectivity index (χ3n) is 2.06. The molecular weight excluding hydrogens is 219 g/mol. The molecule has 0 fully saturated rings. The summed E-state index contributed by atoms with van der Waals surface area (Å²) in [7, 11) is 0. The summed E-state index contributed by atoms with van der Waals surface area (Å²) in [5.74, 6) is 0.218. The Bertz CT molecular complexity index is 338. The summed E-state index contributed by atoms with van der Waals surface area (Å²) in [5, 5.41) is 0. The van der Waals surface area contributed by atoms with Crippen LogP contribution in [0.2, 0.25) is 0 Å². The number of hydrogen-bond donors (Lipinski definition) is 1. The molecule has 1 unspecified atom stereocenters. The minimum atomic E-state index is -4.39. The van der Waals surface area contributed by atoms with Crippen molar-refractivity contribution < 1.29 is 17.9 Å². The maximum absolute atomic E-state index is 12.5. The Kier molecular flexibility index (Phi) is 4.18. The van der Waals surface area contributed by atoms with Gasteiger partial charge in [-0.15, -0.1) is 0 Å². The first-order valence-corrected chi connectivity index (χ1v) is 4.93. The quantitative estimate of drug-likeness (QED) is 0.867. The van der Waals surface area contributed by atoms with Crippen molar-refractivity contribution in [2.24, 2.45) is 5.73 Å². The average molecular weight is 233 g/mol. The van der Waals surface area contributed by atoms with Gasteiger partial charge in [-0.1, -0.05) is 12.1 Å². The number of halogens is 3. The third kappa shape index (κ3) is 3.73. The second kappa shape index (κ2) is 5.21. The first kappa shape index (κ1) is 12.8. The molecule has 1 rings (SSSR count). The first-order valence-electron chi connectivity index (χ1n) is 4.93. The summed E-state index contributed by atoms with van der Waals surface area (Å²) in [6.07, 6.45) is -6.46. The molecule has 0 saturated carbocycles. The van der Waals surface area contributed by atoms with Crippen LogP contribution in [0.1, 0.15) is 12.0 Å². The first-order chi connectivity index (χ1) is 7.43. The van der Waals surface area contributed by atoms with Crippen LogP contribution < -0.4 is 10.5 Å². The largest absolute Gasteiger partial charge is 0.481 e. The monoisotopic (exact) mass is 233 g/mol. The van der Waals surface area contributed by atoms with Gasteiger partial charge in [0.15, 0.2) is 6.10 Å². The summed E-state index contributed by atoms with van der Waals surface area (Å²) < 4.78 is 42.4. The number of alkyl halides is 3. The molecule has 1 aromatic carbocycles. The van der Waals surface area contributed by atoms with Crippen LogP contribution >= 0.6 is 0 Å². The molecule has 1 atom stereocenters. The number of benzene rings is 1. The third-order valence-corrected chi connectivity index (χ3v) is 2.06. The van der Waals surface area contributed by atoms with E-state index in [2.05, 4.69) is 0 Å². The number of rotatable bonds is 4. The molecule has 0 spiro atoms. The van der Waals surface area contributed by atoms with Crippen LogP contribution in [-0.2, 0) is 0 Å². The van der Waals surface area contributed by atoms with E-state index in [0.29, 0.717) is 0 Å². The van der Waals surface area contributed by atoms with E-state index in [1.807, 2.05) is 0 Å². The molecule has 0 amide bonds. The van der Waals surface area contributed by atoms with Crippen LogP contribution in [0, 0.1) is 6.92 Å². The normalized spacial score (nSPS) is 13.6. The lowest BCUT2D eigenvalue weighted by Crippen LogP contribution is -2.36. The molecule has 0 heterocycles.